The third-order valence-electron chi connectivity index (χ3n) is 3.03. The van der Waals surface area contributed by atoms with Crippen LogP contribution < -0.4 is 16.0 Å². The van der Waals surface area contributed by atoms with Crippen LogP contribution in [-0.2, 0) is 4.79 Å². The largest absolute Gasteiger partial charge is 0.370 e. The second-order valence-corrected chi connectivity index (χ2v) is 5.46. The zero-order valence-corrected chi connectivity index (χ0v) is 12.8. The lowest BCUT2D eigenvalue weighted by Crippen LogP contribution is -2.50. The molecule has 1 aliphatic heterocycles. The summed E-state index contributed by atoms with van der Waals surface area (Å²) in [6.07, 6.45) is 3.16. The highest BCUT2D eigenvalue weighted by Gasteiger charge is 2.25. The number of carbonyl (C=O) groups is 2. The number of hydrogen-bond donors (Lipinski definition) is 3. The monoisotopic (exact) mass is 340 g/mol. The molecule has 3 N–H and O–H groups in total. The summed E-state index contributed by atoms with van der Waals surface area (Å²) in [5.41, 5.74) is 0.430. The Morgan fingerprint density at radius 3 is 3.10 bits per heavy atom. The molecule has 0 bridgehead atoms. The van der Waals surface area contributed by atoms with E-state index in [1.54, 1.807) is 12.3 Å². The van der Waals surface area contributed by atoms with Gasteiger partial charge in [0.25, 0.3) is 5.91 Å². The van der Waals surface area contributed by atoms with Crippen LogP contribution in [0.2, 0.25) is 0 Å². The van der Waals surface area contributed by atoms with Gasteiger partial charge in [0.05, 0.1) is 5.56 Å². The number of piperidine rings is 1. The molecule has 1 unspecified atom stereocenters. The summed E-state index contributed by atoms with van der Waals surface area (Å²) in [6, 6.07) is 1.23. The number of anilines is 1. The van der Waals surface area contributed by atoms with Gasteiger partial charge in [-0.3, -0.25) is 9.59 Å². The second-order valence-electron chi connectivity index (χ2n) is 4.54. The first-order valence-corrected chi connectivity index (χ1v) is 7.39. The highest BCUT2D eigenvalue weighted by Crippen LogP contribution is 2.18. The van der Waals surface area contributed by atoms with E-state index in [1.165, 1.54) is 0 Å². The first-order valence-electron chi connectivity index (χ1n) is 6.59. The van der Waals surface area contributed by atoms with E-state index in [-0.39, 0.29) is 11.8 Å². The van der Waals surface area contributed by atoms with Crippen LogP contribution in [0.3, 0.4) is 0 Å². The van der Waals surface area contributed by atoms with Gasteiger partial charge in [0.2, 0.25) is 5.91 Å². The molecular formula is C13H17BrN4O2. The van der Waals surface area contributed by atoms with Gasteiger partial charge < -0.3 is 16.0 Å². The minimum Gasteiger partial charge on any atom is -0.370 e. The van der Waals surface area contributed by atoms with E-state index in [4.69, 9.17) is 0 Å². The van der Waals surface area contributed by atoms with Crippen molar-refractivity contribution in [2.45, 2.75) is 25.8 Å². The molecule has 1 aromatic rings. The maximum Gasteiger partial charge on any atom is 0.255 e. The third-order valence-corrected chi connectivity index (χ3v) is 3.47. The summed E-state index contributed by atoms with van der Waals surface area (Å²) in [6.45, 7) is 3.27. The molecule has 0 radical (unpaired) electrons. The Labute approximate surface area is 125 Å². The third kappa shape index (κ3) is 3.47. The molecule has 7 heteroatoms. The smallest absolute Gasteiger partial charge is 0.255 e. The zero-order valence-electron chi connectivity index (χ0n) is 11.2. The molecule has 20 heavy (non-hydrogen) atoms. The van der Waals surface area contributed by atoms with E-state index in [2.05, 4.69) is 36.9 Å². The number of hydrogen-bond acceptors (Lipinski definition) is 4. The molecular weight excluding hydrogens is 324 g/mol. The number of pyridine rings is 1. The quantitative estimate of drug-likeness (QED) is 0.771. The molecule has 0 aliphatic carbocycles. The fourth-order valence-electron chi connectivity index (χ4n) is 2.07. The maximum absolute atomic E-state index is 12.3. The number of halogens is 1. The van der Waals surface area contributed by atoms with Gasteiger partial charge in [0, 0.05) is 23.8 Å². The number of amides is 2. The minimum atomic E-state index is -0.468. The summed E-state index contributed by atoms with van der Waals surface area (Å²) in [4.78, 5) is 28.2. The van der Waals surface area contributed by atoms with Gasteiger partial charge in [-0.15, -0.1) is 0 Å². The summed E-state index contributed by atoms with van der Waals surface area (Å²) in [5.74, 6) is 0.0961. The lowest BCUT2D eigenvalue weighted by molar-refractivity contribution is -0.124. The fraction of sp³-hybridized carbons (Fsp3) is 0.462. The van der Waals surface area contributed by atoms with Crippen molar-refractivity contribution in [3.63, 3.8) is 0 Å². The van der Waals surface area contributed by atoms with E-state index in [1.807, 2.05) is 6.92 Å². The van der Waals surface area contributed by atoms with Crippen LogP contribution >= 0.6 is 15.9 Å². The normalized spacial score (nSPS) is 18.3. The molecule has 2 amide bonds. The number of nitrogens with one attached hydrogen (secondary N) is 3. The van der Waals surface area contributed by atoms with Crippen molar-refractivity contribution in [1.29, 1.82) is 0 Å². The topological polar surface area (TPSA) is 83.1 Å². The molecule has 0 aromatic carbocycles. The molecule has 2 heterocycles. The Morgan fingerprint density at radius 2 is 2.40 bits per heavy atom. The summed E-state index contributed by atoms with van der Waals surface area (Å²) in [7, 11) is 0. The van der Waals surface area contributed by atoms with E-state index >= 15 is 0 Å². The Balaban J connectivity index is 2.15. The van der Waals surface area contributed by atoms with Gasteiger partial charge >= 0.3 is 0 Å². The molecule has 1 aromatic heterocycles. The van der Waals surface area contributed by atoms with Gasteiger partial charge in [0.1, 0.15) is 11.9 Å². The summed E-state index contributed by atoms with van der Waals surface area (Å²) in [5, 5.41) is 8.54. The van der Waals surface area contributed by atoms with E-state index in [0.29, 0.717) is 30.9 Å². The Hall–Kier alpha value is -1.63. The van der Waals surface area contributed by atoms with Crippen molar-refractivity contribution < 1.29 is 9.59 Å². The predicted octanol–water partition coefficient (Wildman–Crippen LogP) is 1.28. The minimum absolute atomic E-state index is 0.127. The maximum atomic E-state index is 12.3. The first kappa shape index (κ1) is 14.8. The number of nitrogens with zero attached hydrogens (tertiary/aromatic N) is 1. The zero-order chi connectivity index (χ0) is 14.5. The van der Waals surface area contributed by atoms with Gasteiger partial charge in [-0.2, -0.15) is 0 Å². The fourth-order valence-corrected chi connectivity index (χ4v) is 2.40. The Morgan fingerprint density at radius 1 is 1.60 bits per heavy atom. The van der Waals surface area contributed by atoms with Crippen molar-refractivity contribution in [3.8, 4) is 0 Å². The van der Waals surface area contributed by atoms with Crippen molar-refractivity contribution in [1.82, 2.24) is 15.6 Å². The van der Waals surface area contributed by atoms with Gasteiger partial charge in [0.15, 0.2) is 0 Å². The van der Waals surface area contributed by atoms with E-state index < -0.39 is 6.04 Å². The second kappa shape index (κ2) is 6.69. The van der Waals surface area contributed by atoms with Crippen molar-refractivity contribution in [2.75, 3.05) is 18.4 Å². The standard InChI is InChI=1S/C13H17BrN4O2/c1-2-15-11-9(6-8(14)7-17-11)12(19)18-10-4-3-5-16-13(10)20/h6-7,10H,2-5H2,1H3,(H,15,17)(H,16,20)(H,18,19). The molecule has 1 atom stereocenters. The predicted molar refractivity (Wildman–Crippen MR) is 79.6 cm³/mol. The van der Waals surface area contributed by atoms with Crippen LogP contribution in [0.5, 0.6) is 0 Å². The van der Waals surface area contributed by atoms with E-state index in [0.717, 1.165) is 10.9 Å². The van der Waals surface area contributed by atoms with Crippen LogP contribution in [0.15, 0.2) is 16.7 Å². The lowest BCUT2D eigenvalue weighted by atomic mass is 10.1. The SMILES string of the molecule is CCNc1ncc(Br)cc1C(=O)NC1CCCNC1=O. The Kier molecular flexibility index (Phi) is 4.94. The highest BCUT2D eigenvalue weighted by atomic mass is 79.9. The molecule has 108 valence electrons. The van der Waals surface area contributed by atoms with Crippen LogP contribution in [0.4, 0.5) is 5.82 Å². The first-order chi connectivity index (χ1) is 9.61. The van der Waals surface area contributed by atoms with Crippen LogP contribution in [0.25, 0.3) is 0 Å². The van der Waals surface area contributed by atoms with Gasteiger partial charge in [-0.05, 0) is 41.8 Å². The highest BCUT2D eigenvalue weighted by molar-refractivity contribution is 9.10. The molecule has 0 saturated carbocycles. The number of aromatic nitrogens is 1. The van der Waals surface area contributed by atoms with Crippen LogP contribution in [-0.4, -0.2) is 35.9 Å². The van der Waals surface area contributed by atoms with Crippen molar-refractivity contribution in [3.05, 3.63) is 22.3 Å². The summed E-state index contributed by atoms with van der Waals surface area (Å²) >= 11 is 3.30. The van der Waals surface area contributed by atoms with Crippen molar-refractivity contribution in [2.24, 2.45) is 0 Å². The molecule has 0 spiro atoms. The molecule has 1 aliphatic rings. The average molecular weight is 341 g/mol. The summed E-state index contributed by atoms with van der Waals surface area (Å²) < 4.78 is 0.720. The van der Waals surface area contributed by atoms with Crippen LogP contribution in [0.1, 0.15) is 30.1 Å². The van der Waals surface area contributed by atoms with E-state index in [9.17, 15) is 9.59 Å². The number of rotatable bonds is 4. The average Bonchev–Trinajstić information content (AvgIpc) is 2.43. The van der Waals surface area contributed by atoms with Crippen molar-refractivity contribution >= 4 is 33.6 Å². The molecule has 2 rings (SSSR count). The van der Waals surface area contributed by atoms with Gasteiger partial charge in [-0.25, -0.2) is 4.98 Å². The molecule has 6 nitrogen and oxygen atoms in total. The molecule has 1 fully saturated rings. The van der Waals surface area contributed by atoms with Gasteiger partial charge in [-0.1, -0.05) is 0 Å². The number of carbonyl (C=O) groups excluding carboxylic acids is 2. The lowest BCUT2D eigenvalue weighted by Gasteiger charge is -2.23. The van der Waals surface area contributed by atoms with Crippen LogP contribution in [0, 0.1) is 0 Å². The Bertz CT molecular complexity index is 521. The molecule has 1 saturated heterocycles.